The lowest BCUT2D eigenvalue weighted by molar-refractivity contribution is -0.144. The van der Waals surface area contributed by atoms with Crippen molar-refractivity contribution >= 4 is 17.8 Å². The van der Waals surface area contributed by atoms with Crippen molar-refractivity contribution in [2.24, 2.45) is 0 Å². The Kier molecular flexibility index (Phi) is 5.79. The Morgan fingerprint density at radius 1 is 1.05 bits per heavy atom. The third-order valence-electron chi connectivity index (χ3n) is 2.58. The van der Waals surface area contributed by atoms with Crippen molar-refractivity contribution in [2.75, 3.05) is 7.11 Å². The monoisotopic (exact) mass is 265 g/mol. The smallest absolute Gasteiger partial charge is 0.328 e. The first kappa shape index (κ1) is 15.5. The Hall–Kier alpha value is -1.59. The van der Waals surface area contributed by atoms with E-state index in [4.69, 9.17) is 0 Å². The summed E-state index contributed by atoms with van der Waals surface area (Å²) < 4.78 is 4.49. The number of hydrogen-bond acceptors (Lipinski definition) is 4. The SMILES string of the molecule is COC(=O)[C@H](C)NC(=O)[C@H](C)NC(=O)[C]1[CH][CH][CH][CH]1. The molecule has 0 unspecified atom stereocenters. The molecule has 103 valence electrons. The molecule has 2 atom stereocenters. The second-order valence-electron chi connectivity index (χ2n) is 4.12. The summed E-state index contributed by atoms with van der Waals surface area (Å²) in [7, 11) is 1.24. The van der Waals surface area contributed by atoms with Crippen molar-refractivity contribution in [1.29, 1.82) is 0 Å². The summed E-state index contributed by atoms with van der Waals surface area (Å²) in [5.74, 6) is -0.834. The Labute approximate surface area is 113 Å². The van der Waals surface area contributed by atoms with Crippen LogP contribution in [0.4, 0.5) is 0 Å². The summed E-state index contributed by atoms with van der Waals surface area (Å²) in [6, 6.07) is -1.50. The molecule has 6 heteroatoms. The Balaban J connectivity index is 2.39. The van der Waals surface area contributed by atoms with Gasteiger partial charge in [0.1, 0.15) is 12.1 Å². The predicted molar refractivity (Wildman–Crippen MR) is 67.7 cm³/mol. The lowest BCUT2D eigenvalue weighted by atomic mass is 10.1. The van der Waals surface area contributed by atoms with Crippen LogP contribution in [-0.4, -0.2) is 37.0 Å². The Morgan fingerprint density at radius 2 is 1.63 bits per heavy atom. The van der Waals surface area contributed by atoms with E-state index in [1.807, 2.05) is 0 Å². The summed E-state index contributed by atoms with van der Waals surface area (Å²) in [5.41, 5.74) is 0. The van der Waals surface area contributed by atoms with Gasteiger partial charge >= 0.3 is 5.97 Å². The predicted octanol–water partition coefficient (Wildman–Crippen LogP) is -0.426. The number of rotatable bonds is 5. The molecule has 1 rings (SSSR count). The van der Waals surface area contributed by atoms with Crippen LogP contribution in [0.5, 0.6) is 0 Å². The molecule has 1 aliphatic rings. The van der Waals surface area contributed by atoms with E-state index >= 15 is 0 Å². The zero-order valence-corrected chi connectivity index (χ0v) is 11.1. The molecule has 1 aliphatic carbocycles. The number of ether oxygens (including phenoxy) is 1. The molecule has 5 radical (unpaired) electrons. The molecule has 19 heavy (non-hydrogen) atoms. The average molecular weight is 265 g/mol. The van der Waals surface area contributed by atoms with Crippen LogP contribution in [0, 0.1) is 31.6 Å². The number of nitrogens with one attached hydrogen (secondary N) is 2. The van der Waals surface area contributed by atoms with Crippen LogP contribution < -0.4 is 10.6 Å². The Morgan fingerprint density at radius 3 is 2.16 bits per heavy atom. The van der Waals surface area contributed by atoms with Crippen molar-refractivity contribution < 1.29 is 19.1 Å². The first-order valence-electron chi connectivity index (χ1n) is 5.86. The number of methoxy groups -OCH3 is 1. The quantitative estimate of drug-likeness (QED) is 0.661. The fourth-order valence-electron chi connectivity index (χ4n) is 1.44. The van der Waals surface area contributed by atoms with Gasteiger partial charge in [0.15, 0.2) is 0 Å². The standard InChI is InChI=1S/C13H17N2O4/c1-8(11(16)15-9(2)13(18)19-3)14-12(17)10-6-4-5-7-10/h4-9H,1-3H3,(H,14,17)(H,15,16)/t8-,9-/m0/s1. The largest absolute Gasteiger partial charge is 0.467 e. The highest BCUT2D eigenvalue weighted by Crippen LogP contribution is 2.22. The van der Waals surface area contributed by atoms with Crippen molar-refractivity contribution in [2.45, 2.75) is 25.9 Å². The van der Waals surface area contributed by atoms with E-state index < -0.39 is 24.0 Å². The maximum absolute atomic E-state index is 11.7. The lowest BCUT2D eigenvalue weighted by Crippen LogP contribution is -2.50. The maximum atomic E-state index is 11.7. The van der Waals surface area contributed by atoms with E-state index in [1.165, 1.54) is 14.0 Å². The van der Waals surface area contributed by atoms with Gasteiger partial charge in [0.05, 0.1) is 13.0 Å². The molecule has 6 nitrogen and oxygen atoms in total. The van der Waals surface area contributed by atoms with Crippen LogP contribution in [0.25, 0.3) is 0 Å². The number of amides is 2. The molecule has 2 amide bonds. The molecular formula is C13H17N2O4. The van der Waals surface area contributed by atoms with Gasteiger partial charge in [0.2, 0.25) is 11.8 Å². The van der Waals surface area contributed by atoms with Crippen LogP contribution >= 0.6 is 0 Å². The van der Waals surface area contributed by atoms with Crippen LogP contribution in [0.15, 0.2) is 0 Å². The maximum Gasteiger partial charge on any atom is 0.328 e. The van der Waals surface area contributed by atoms with E-state index in [2.05, 4.69) is 15.4 Å². The van der Waals surface area contributed by atoms with Crippen molar-refractivity contribution in [3.8, 4) is 0 Å². The topological polar surface area (TPSA) is 84.5 Å². The molecule has 0 saturated heterocycles. The zero-order chi connectivity index (χ0) is 14.4. The molecule has 0 aliphatic heterocycles. The van der Waals surface area contributed by atoms with Crippen LogP contribution in [0.3, 0.4) is 0 Å². The highest BCUT2D eigenvalue weighted by molar-refractivity contribution is 5.99. The molecule has 0 spiro atoms. The first-order valence-corrected chi connectivity index (χ1v) is 5.86. The van der Waals surface area contributed by atoms with Crippen LogP contribution in [0.2, 0.25) is 0 Å². The molecule has 0 heterocycles. The van der Waals surface area contributed by atoms with E-state index in [-0.39, 0.29) is 5.91 Å². The normalized spacial score (nSPS) is 18.5. The van der Waals surface area contributed by atoms with Gasteiger partial charge in [0.25, 0.3) is 0 Å². The highest BCUT2D eigenvalue weighted by atomic mass is 16.5. The van der Waals surface area contributed by atoms with Gasteiger partial charge in [-0.3, -0.25) is 9.59 Å². The molecule has 1 saturated carbocycles. The van der Waals surface area contributed by atoms with Crippen LogP contribution in [0.1, 0.15) is 13.8 Å². The van der Waals surface area contributed by atoms with Gasteiger partial charge in [-0.05, 0) is 39.5 Å². The Bertz CT molecular complexity index is 351. The fourth-order valence-corrected chi connectivity index (χ4v) is 1.44. The van der Waals surface area contributed by atoms with Gasteiger partial charge in [0, 0.05) is 0 Å². The third-order valence-corrected chi connectivity index (χ3v) is 2.58. The second-order valence-corrected chi connectivity index (χ2v) is 4.12. The zero-order valence-electron chi connectivity index (χ0n) is 11.1. The van der Waals surface area contributed by atoms with Gasteiger partial charge in [-0.15, -0.1) is 0 Å². The van der Waals surface area contributed by atoms with Crippen LogP contribution in [-0.2, 0) is 19.1 Å². The minimum Gasteiger partial charge on any atom is -0.467 e. The summed E-state index contributed by atoms with van der Waals surface area (Å²) >= 11 is 0. The number of carbonyl (C=O) groups is 3. The van der Waals surface area contributed by atoms with Gasteiger partial charge in [-0.1, -0.05) is 0 Å². The molecular weight excluding hydrogens is 248 g/mol. The third kappa shape index (κ3) is 4.54. The fraction of sp³-hybridized carbons (Fsp3) is 0.385. The second kappa shape index (κ2) is 7.11. The average Bonchev–Trinajstić information content (AvgIpc) is 2.91. The van der Waals surface area contributed by atoms with Crippen molar-refractivity contribution in [1.82, 2.24) is 10.6 Å². The molecule has 2 N–H and O–H groups in total. The molecule has 0 aromatic rings. The van der Waals surface area contributed by atoms with E-state index in [0.717, 1.165) is 0 Å². The molecule has 0 aromatic carbocycles. The molecule has 1 fully saturated rings. The van der Waals surface area contributed by atoms with E-state index in [9.17, 15) is 14.4 Å². The summed E-state index contributed by atoms with van der Waals surface area (Å²) in [6.45, 7) is 3.05. The van der Waals surface area contributed by atoms with Gasteiger partial charge in [-0.2, -0.15) is 0 Å². The lowest BCUT2D eigenvalue weighted by Gasteiger charge is -2.18. The number of esters is 1. The minimum absolute atomic E-state index is 0.335. The highest BCUT2D eigenvalue weighted by Gasteiger charge is 2.27. The van der Waals surface area contributed by atoms with E-state index in [0.29, 0.717) is 5.92 Å². The summed E-state index contributed by atoms with van der Waals surface area (Å²) in [6.07, 6.45) is 6.77. The minimum atomic E-state index is -0.754. The number of hydrogen-bond donors (Lipinski definition) is 2. The van der Waals surface area contributed by atoms with Crippen molar-refractivity contribution in [3.63, 3.8) is 0 Å². The van der Waals surface area contributed by atoms with Gasteiger partial charge in [-0.25, -0.2) is 4.79 Å². The number of carbonyl (C=O) groups excluding carboxylic acids is 3. The summed E-state index contributed by atoms with van der Waals surface area (Å²) in [5, 5.41) is 4.99. The van der Waals surface area contributed by atoms with Gasteiger partial charge < -0.3 is 15.4 Å². The summed E-state index contributed by atoms with van der Waals surface area (Å²) in [4.78, 5) is 34.6. The first-order chi connectivity index (χ1) is 8.95. The molecule has 0 bridgehead atoms. The molecule has 0 aromatic heterocycles. The van der Waals surface area contributed by atoms with Crippen molar-refractivity contribution in [3.05, 3.63) is 31.6 Å². The van der Waals surface area contributed by atoms with E-state index in [1.54, 1.807) is 32.6 Å².